The molecule has 0 bridgehead atoms. The molecule has 23 heavy (non-hydrogen) atoms. The van der Waals surface area contributed by atoms with E-state index in [0.29, 0.717) is 30.0 Å². The van der Waals surface area contributed by atoms with Crippen molar-refractivity contribution in [3.63, 3.8) is 0 Å². The van der Waals surface area contributed by atoms with Gasteiger partial charge in [0.1, 0.15) is 0 Å². The number of rotatable bonds is 4. The third-order valence-electron chi connectivity index (χ3n) is 7.31. The Kier molecular flexibility index (Phi) is 4.81. The van der Waals surface area contributed by atoms with E-state index in [1.54, 1.807) is 0 Å². The highest BCUT2D eigenvalue weighted by molar-refractivity contribution is 5.94. The van der Waals surface area contributed by atoms with Gasteiger partial charge in [-0.05, 0) is 60.8 Å². The van der Waals surface area contributed by atoms with Crippen molar-refractivity contribution in [1.82, 2.24) is 0 Å². The molecule has 2 rings (SSSR count). The quantitative estimate of drug-likeness (QED) is 0.847. The molecule has 0 aromatic heterocycles. The van der Waals surface area contributed by atoms with Crippen LogP contribution in [0.25, 0.3) is 0 Å². The van der Waals surface area contributed by atoms with Gasteiger partial charge in [0, 0.05) is 12.3 Å². The molecule has 0 aromatic carbocycles. The minimum absolute atomic E-state index is 0.0187. The van der Waals surface area contributed by atoms with Crippen LogP contribution in [0.15, 0.2) is 11.6 Å². The summed E-state index contributed by atoms with van der Waals surface area (Å²) in [4.78, 5) is 24.2. The Hall–Kier alpha value is -1.12. The second-order valence-electron chi connectivity index (χ2n) is 8.90. The van der Waals surface area contributed by atoms with Crippen molar-refractivity contribution in [3.8, 4) is 0 Å². The summed E-state index contributed by atoms with van der Waals surface area (Å²) in [5.41, 5.74) is 6.64. The van der Waals surface area contributed by atoms with Crippen molar-refractivity contribution in [2.45, 2.75) is 67.2 Å². The monoisotopic (exact) mass is 319 g/mol. The molecule has 0 saturated heterocycles. The molecule has 1 fully saturated rings. The number of amides is 1. The van der Waals surface area contributed by atoms with Crippen LogP contribution in [0.3, 0.4) is 0 Å². The van der Waals surface area contributed by atoms with Gasteiger partial charge in [0.2, 0.25) is 5.91 Å². The number of carbonyl (C=O) groups is 2. The van der Waals surface area contributed by atoms with Crippen molar-refractivity contribution >= 4 is 11.7 Å². The van der Waals surface area contributed by atoms with E-state index in [1.807, 2.05) is 13.0 Å². The largest absolute Gasteiger partial charge is 0.370 e. The summed E-state index contributed by atoms with van der Waals surface area (Å²) < 4.78 is 0. The van der Waals surface area contributed by atoms with Gasteiger partial charge < -0.3 is 5.73 Å². The first-order valence-corrected chi connectivity index (χ1v) is 9.02. The number of ketones is 1. The molecule has 1 saturated carbocycles. The fourth-order valence-electron chi connectivity index (χ4n) is 5.41. The van der Waals surface area contributed by atoms with Crippen LogP contribution < -0.4 is 5.73 Å². The summed E-state index contributed by atoms with van der Waals surface area (Å²) in [7, 11) is 0. The molecular formula is C20H33NO2. The van der Waals surface area contributed by atoms with Crippen LogP contribution in [0.5, 0.6) is 0 Å². The van der Waals surface area contributed by atoms with Crippen LogP contribution >= 0.6 is 0 Å². The lowest BCUT2D eigenvalue weighted by Crippen LogP contribution is -2.56. The number of primary amides is 1. The van der Waals surface area contributed by atoms with Crippen molar-refractivity contribution in [3.05, 3.63) is 11.6 Å². The predicted octanol–water partition coefficient (Wildman–Crippen LogP) is 4.11. The van der Waals surface area contributed by atoms with Gasteiger partial charge in [0.25, 0.3) is 0 Å². The van der Waals surface area contributed by atoms with Gasteiger partial charge in [0.05, 0.1) is 0 Å². The fourth-order valence-corrected chi connectivity index (χ4v) is 5.41. The molecule has 0 aliphatic heterocycles. The topological polar surface area (TPSA) is 60.2 Å². The second-order valence-corrected chi connectivity index (χ2v) is 8.90. The van der Waals surface area contributed by atoms with E-state index in [0.717, 1.165) is 24.8 Å². The lowest BCUT2D eigenvalue weighted by atomic mass is 9.43. The zero-order valence-electron chi connectivity index (χ0n) is 15.6. The van der Waals surface area contributed by atoms with Gasteiger partial charge >= 0.3 is 0 Å². The summed E-state index contributed by atoms with van der Waals surface area (Å²) in [5.74, 6) is 1.23. The Morgan fingerprint density at radius 3 is 2.48 bits per heavy atom. The molecule has 4 atom stereocenters. The normalized spacial score (nSPS) is 36.6. The van der Waals surface area contributed by atoms with E-state index in [-0.39, 0.29) is 22.7 Å². The molecular weight excluding hydrogens is 286 g/mol. The SMILES string of the molecule is CC1=CC(=O)[C@H]2[C@@H](CCC(C)(C)[C@]2(C)C(C)C)[C@@H]1CCC(N)=O. The maximum absolute atomic E-state index is 13.0. The van der Waals surface area contributed by atoms with Crippen molar-refractivity contribution in [2.75, 3.05) is 0 Å². The van der Waals surface area contributed by atoms with Crippen LogP contribution in [0, 0.1) is 34.5 Å². The fraction of sp³-hybridized carbons (Fsp3) is 0.800. The van der Waals surface area contributed by atoms with Crippen LogP contribution in [0.1, 0.15) is 67.2 Å². The molecule has 0 radical (unpaired) electrons. The Balaban J connectivity index is 2.44. The Labute approximate surface area is 141 Å². The number of allylic oxidation sites excluding steroid dienone is 2. The van der Waals surface area contributed by atoms with Crippen LogP contribution in [-0.4, -0.2) is 11.7 Å². The van der Waals surface area contributed by atoms with Crippen LogP contribution in [0.4, 0.5) is 0 Å². The third-order valence-corrected chi connectivity index (χ3v) is 7.31. The molecule has 3 heteroatoms. The lowest BCUT2D eigenvalue weighted by molar-refractivity contribution is -0.148. The molecule has 0 spiro atoms. The summed E-state index contributed by atoms with van der Waals surface area (Å²) in [6.07, 6.45) is 5.25. The van der Waals surface area contributed by atoms with Crippen molar-refractivity contribution in [2.24, 2.45) is 40.2 Å². The summed E-state index contributed by atoms with van der Waals surface area (Å²) in [5, 5.41) is 0. The number of hydrogen-bond donors (Lipinski definition) is 1. The number of hydrogen-bond acceptors (Lipinski definition) is 2. The molecule has 0 unspecified atom stereocenters. The molecule has 3 nitrogen and oxygen atoms in total. The molecule has 2 aliphatic carbocycles. The Bertz CT molecular complexity index is 532. The summed E-state index contributed by atoms with van der Waals surface area (Å²) >= 11 is 0. The van der Waals surface area contributed by atoms with Crippen molar-refractivity contribution < 1.29 is 9.59 Å². The zero-order valence-corrected chi connectivity index (χ0v) is 15.6. The molecule has 0 aromatic rings. The lowest BCUT2D eigenvalue weighted by Gasteiger charge is -2.60. The minimum atomic E-state index is -0.242. The second kappa shape index (κ2) is 6.07. The highest BCUT2D eigenvalue weighted by Gasteiger charge is 2.58. The number of carbonyl (C=O) groups excluding carboxylic acids is 2. The third kappa shape index (κ3) is 2.88. The molecule has 1 amide bonds. The van der Waals surface area contributed by atoms with Gasteiger partial charge in [-0.25, -0.2) is 0 Å². The van der Waals surface area contributed by atoms with Crippen LogP contribution in [0.2, 0.25) is 0 Å². The Morgan fingerprint density at radius 1 is 1.35 bits per heavy atom. The highest BCUT2D eigenvalue weighted by atomic mass is 16.1. The average molecular weight is 319 g/mol. The minimum Gasteiger partial charge on any atom is -0.370 e. The van der Waals surface area contributed by atoms with Gasteiger partial charge in [0.15, 0.2) is 5.78 Å². The highest BCUT2D eigenvalue weighted by Crippen LogP contribution is 2.62. The van der Waals surface area contributed by atoms with Gasteiger partial charge in [-0.15, -0.1) is 0 Å². The first kappa shape index (κ1) is 18.2. The average Bonchev–Trinajstić information content (AvgIpc) is 2.41. The molecule has 130 valence electrons. The summed E-state index contributed by atoms with van der Waals surface area (Å²) in [6.45, 7) is 13.5. The first-order valence-electron chi connectivity index (χ1n) is 9.02. The molecule has 0 heterocycles. The number of fused-ring (bicyclic) bond motifs is 1. The molecule has 2 N–H and O–H groups in total. The van der Waals surface area contributed by atoms with E-state index >= 15 is 0 Å². The smallest absolute Gasteiger partial charge is 0.217 e. The van der Waals surface area contributed by atoms with Crippen LogP contribution in [-0.2, 0) is 9.59 Å². The predicted molar refractivity (Wildman–Crippen MR) is 93.6 cm³/mol. The zero-order chi connectivity index (χ0) is 17.6. The first-order chi connectivity index (χ1) is 10.5. The standard InChI is InChI=1S/C20H33NO2/c1-12(2)20(6)18-15(9-10-19(20,4)5)14(7-8-17(21)23)13(3)11-16(18)22/h11-12,14-15,18H,7-10H2,1-6H3,(H2,21,23)/t14-,15+,18-,20-/m1/s1. The maximum Gasteiger partial charge on any atom is 0.217 e. The summed E-state index contributed by atoms with van der Waals surface area (Å²) in [6, 6.07) is 0. The van der Waals surface area contributed by atoms with E-state index in [4.69, 9.17) is 5.73 Å². The molecule has 2 aliphatic rings. The van der Waals surface area contributed by atoms with E-state index in [9.17, 15) is 9.59 Å². The van der Waals surface area contributed by atoms with E-state index in [1.165, 1.54) is 0 Å². The van der Waals surface area contributed by atoms with E-state index in [2.05, 4.69) is 34.6 Å². The van der Waals surface area contributed by atoms with Crippen molar-refractivity contribution in [1.29, 1.82) is 0 Å². The van der Waals surface area contributed by atoms with E-state index < -0.39 is 0 Å². The van der Waals surface area contributed by atoms with Gasteiger partial charge in [-0.2, -0.15) is 0 Å². The van der Waals surface area contributed by atoms with Gasteiger partial charge in [-0.3, -0.25) is 9.59 Å². The maximum atomic E-state index is 13.0. The number of nitrogens with two attached hydrogens (primary N) is 1. The van der Waals surface area contributed by atoms with Gasteiger partial charge in [-0.1, -0.05) is 40.2 Å². The Morgan fingerprint density at radius 2 is 1.96 bits per heavy atom.